The van der Waals surface area contributed by atoms with Gasteiger partial charge in [0.1, 0.15) is 5.82 Å². The molecule has 1 saturated heterocycles. The monoisotopic (exact) mass is 402 g/mol. The molecule has 1 aliphatic rings. The van der Waals surface area contributed by atoms with Crippen molar-refractivity contribution in [2.24, 2.45) is 0 Å². The maximum atomic E-state index is 12.0. The van der Waals surface area contributed by atoms with Crippen molar-refractivity contribution in [1.29, 1.82) is 0 Å². The van der Waals surface area contributed by atoms with E-state index in [1.165, 1.54) is 18.4 Å². The summed E-state index contributed by atoms with van der Waals surface area (Å²) in [5.74, 6) is 1.47. The molecule has 4 rings (SSSR count). The quantitative estimate of drug-likeness (QED) is 0.568. The summed E-state index contributed by atoms with van der Waals surface area (Å²) in [5.41, 5.74) is 8.23. The minimum atomic E-state index is -3.47. The molecule has 0 saturated carbocycles. The van der Waals surface area contributed by atoms with Crippen LogP contribution in [0.2, 0.25) is 0 Å². The first-order chi connectivity index (χ1) is 13.3. The molecule has 148 valence electrons. The largest absolute Gasteiger partial charge is 0.382 e. The molecule has 0 bridgehead atoms. The molecule has 0 radical (unpaired) electrons. The average molecular weight is 402 g/mol. The Kier molecular flexibility index (Phi) is 4.65. The number of aromatic amines is 1. The highest BCUT2D eigenvalue weighted by molar-refractivity contribution is 7.87. The molecular weight excluding hydrogens is 380 g/mol. The van der Waals surface area contributed by atoms with Crippen LogP contribution in [0.5, 0.6) is 0 Å². The number of nitrogen functional groups attached to an aromatic ring is 1. The van der Waals surface area contributed by atoms with E-state index in [9.17, 15) is 8.42 Å². The molecule has 11 heteroatoms. The number of nitrogens with zero attached hydrogens (tertiary/aromatic N) is 5. The summed E-state index contributed by atoms with van der Waals surface area (Å²) in [6.45, 7) is 1.17. The minimum Gasteiger partial charge on any atom is -0.382 e. The van der Waals surface area contributed by atoms with Gasteiger partial charge in [0.2, 0.25) is 0 Å². The van der Waals surface area contributed by atoms with Crippen molar-refractivity contribution >= 4 is 32.9 Å². The summed E-state index contributed by atoms with van der Waals surface area (Å²) in [4.78, 5) is 18.6. The van der Waals surface area contributed by atoms with E-state index in [-0.39, 0.29) is 11.9 Å². The molecule has 0 spiro atoms. The van der Waals surface area contributed by atoms with Crippen LogP contribution < -0.4 is 15.4 Å². The van der Waals surface area contributed by atoms with Crippen molar-refractivity contribution in [2.75, 3.05) is 37.8 Å². The van der Waals surface area contributed by atoms with Gasteiger partial charge < -0.3 is 15.6 Å². The first kappa shape index (κ1) is 18.6. The van der Waals surface area contributed by atoms with Crippen LogP contribution in [0.4, 0.5) is 11.6 Å². The van der Waals surface area contributed by atoms with E-state index < -0.39 is 10.2 Å². The summed E-state index contributed by atoms with van der Waals surface area (Å²) in [6.07, 6.45) is 2.28. The van der Waals surface area contributed by atoms with Gasteiger partial charge in [0.15, 0.2) is 17.3 Å². The van der Waals surface area contributed by atoms with Gasteiger partial charge in [-0.05, 0) is 18.6 Å². The molecule has 1 fully saturated rings. The van der Waals surface area contributed by atoms with Crippen molar-refractivity contribution < 1.29 is 8.42 Å². The number of H-pyrrole nitrogens is 1. The van der Waals surface area contributed by atoms with Crippen LogP contribution in [-0.2, 0) is 10.2 Å². The number of hydrogen-bond acceptors (Lipinski definition) is 7. The standard InChI is InChI=1S/C17H22N8O2S/c1-24(2)28(26,27)23-11-7-8-25(10-11)14-9-19-16(18)15(22-14)17-20-12-5-3-4-6-13(12)21-17/h3-6,9,11,23H,7-8,10H2,1-2H3,(H2,18,19)(H,20,21)/t11-/m0/s1. The molecule has 1 atom stereocenters. The second-order valence-corrected chi connectivity index (χ2v) is 8.82. The van der Waals surface area contributed by atoms with Crippen LogP contribution in [-0.4, -0.2) is 65.9 Å². The molecule has 3 heterocycles. The second kappa shape index (κ2) is 7.00. The van der Waals surface area contributed by atoms with Gasteiger partial charge in [-0.2, -0.15) is 17.4 Å². The van der Waals surface area contributed by atoms with Crippen molar-refractivity contribution in [3.8, 4) is 11.5 Å². The highest BCUT2D eigenvalue weighted by atomic mass is 32.2. The maximum Gasteiger partial charge on any atom is 0.279 e. The van der Waals surface area contributed by atoms with Crippen LogP contribution in [0, 0.1) is 0 Å². The third-order valence-corrected chi connectivity index (χ3v) is 6.30. The Hall–Kier alpha value is -2.76. The number of anilines is 2. The van der Waals surface area contributed by atoms with Gasteiger partial charge in [-0.15, -0.1) is 0 Å². The van der Waals surface area contributed by atoms with Gasteiger partial charge in [-0.25, -0.2) is 15.0 Å². The lowest BCUT2D eigenvalue weighted by molar-refractivity contribution is 0.491. The molecule has 1 aromatic carbocycles. The van der Waals surface area contributed by atoms with Gasteiger partial charge in [0.05, 0.1) is 17.2 Å². The lowest BCUT2D eigenvalue weighted by Crippen LogP contribution is -2.43. The first-order valence-corrected chi connectivity index (χ1v) is 10.3. The topological polar surface area (TPSA) is 133 Å². The van der Waals surface area contributed by atoms with Gasteiger partial charge in [0.25, 0.3) is 10.2 Å². The Labute approximate surface area is 163 Å². The van der Waals surface area contributed by atoms with Gasteiger partial charge in [-0.3, -0.25) is 0 Å². The third kappa shape index (κ3) is 3.51. The number of imidazole rings is 1. The third-order valence-electron chi connectivity index (χ3n) is 4.71. The van der Waals surface area contributed by atoms with Crippen LogP contribution in [0.1, 0.15) is 6.42 Å². The zero-order chi connectivity index (χ0) is 19.9. The fourth-order valence-corrected chi connectivity index (χ4v) is 3.99. The number of aromatic nitrogens is 4. The van der Waals surface area contributed by atoms with Crippen molar-refractivity contribution in [3.05, 3.63) is 30.5 Å². The number of para-hydroxylation sites is 2. The molecule has 28 heavy (non-hydrogen) atoms. The van der Waals surface area contributed by atoms with Crippen molar-refractivity contribution in [1.82, 2.24) is 29.0 Å². The number of nitrogens with two attached hydrogens (primary N) is 1. The molecule has 1 aliphatic heterocycles. The molecule has 2 aromatic heterocycles. The Morgan fingerprint density at radius 2 is 2.07 bits per heavy atom. The van der Waals surface area contributed by atoms with E-state index in [1.54, 1.807) is 6.20 Å². The predicted octanol–water partition coefficient (Wildman–Crippen LogP) is 0.577. The fraction of sp³-hybridized carbons (Fsp3) is 0.353. The summed E-state index contributed by atoms with van der Waals surface area (Å²) in [7, 11) is -0.474. The summed E-state index contributed by atoms with van der Waals surface area (Å²) < 4.78 is 27.9. The number of fused-ring (bicyclic) bond motifs is 1. The average Bonchev–Trinajstić information content (AvgIpc) is 3.28. The number of hydrogen-bond donors (Lipinski definition) is 3. The molecule has 10 nitrogen and oxygen atoms in total. The normalized spacial score (nSPS) is 17.7. The summed E-state index contributed by atoms with van der Waals surface area (Å²) in [5, 5.41) is 0. The second-order valence-electron chi connectivity index (χ2n) is 6.90. The highest BCUT2D eigenvalue weighted by Gasteiger charge is 2.28. The molecular formula is C17H22N8O2S. The Bertz CT molecular complexity index is 1080. The predicted molar refractivity (Wildman–Crippen MR) is 108 cm³/mol. The first-order valence-electron chi connectivity index (χ1n) is 8.86. The molecule has 0 aliphatic carbocycles. The fourth-order valence-electron chi connectivity index (χ4n) is 3.16. The van der Waals surface area contributed by atoms with Crippen molar-refractivity contribution in [2.45, 2.75) is 12.5 Å². The van der Waals surface area contributed by atoms with E-state index in [0.29, 0.717) is 36.8 Å². The van der Waals surface area contributed by atoms with E-state index in [0.717, 1.165) is 11.0 Å². The van der Waals surface area contributed by atoms with Crippen LogP contribution in [0.15, 0.2) is 30.5 Å². The minimum absolute atomic E-state index is 0.193. The maximum absolute atomic E-state index is 12.0. The number of rotatable bonds is 5. The highest BCUT2D eigenvalue weighted by Crippen LogP contribution is 2.26. The van der Waals surface area contributed by atoms with E-state index in [2.05, 4.69) is 24.7 Å². The summed E-state index contributed by atoms with van der Waals surface area (Å²) >= 11 is 0. The van der Waals surface area contributed by atoms with Gasteiger partial charge >= 0.3 is 0 Å². The van der Waals surface area contributed by atoms with E-state index >= 15 is 0 Å². The number of benzene rings is 1. The lowest BCUT2D eigenvalue weighted by Gasteiger charge is -2.19. The van der Waals surface area contributed by atoms with Crippen LogP contribution >= 0.6 is 0 Å². The van der Waals surface area contributed by atoms with E-state index in [1.807, 2.05) is 29.2 Å². The smallest absolute Gasteiger partial charge is 0.279 e. The zero-order valence-corrected chi connectivity index (χ0v) is 16.4. The van der Waals surface area contributed by atoms with Crippen LogP contribution in [0.3, 0.4) is 0 Å². The Balaban J connectivity index is 1.58. The number of nitrogens with one attached hydrogen (secondary N) is 2. The lowest BCUT2D eigenvalue weighted by atomic mass is 10.3. The van der Waals surface area contributed by atoms with Crippen LogP contribution in [0.25, 0.3) is 22.6 Å². The Morgan fingerprint density at radius 1 is 1.29 bits per heavy atom. The molecule has 0 amide bonds. The SMILES string of the molecule is CN(C)S(=O)(=O)N[C@H]1CCN(c2cnc(N)c(-c3nc4ccccc4[nH]3)n2)C1. The zero-order valence-electron chi connectivity index (χ0n) is 15.6. The van der Waals surface area contributed by atoms with Gasteiger partial charge in [0, 0.05) is 33.2 Å². The molecule has 0 unspecified atom stereocenters. The Morgan fingerprint density at radius 3 is 2.82 bits per heavy atom. The molecule has 3 aromatic rings. The molecule has 4 N–H and O–H groups in total. The van der Waals surface area contributed by atoms with Crippen molar-refractivity contribution in [3.63, 3.8) is 0 Å². The van der Waals surface area contributed by atoms with E-state index in [4.69, 9.17) is 5.73 Å². The summed E-state index contributed by atoms with van der Waals surface area (Å²) in [6, 6.07) is 7.49. The van der Waals surface area contributed by atoms with Gasteiger partial charge in [-0.1, -0.05) is 12.1 Å².